The molecule has 1 fully saturated rings. The Morgan fingerprint density at radius 2 is 1.91 bits per heavy atom. The molecule has 1 aromatic carbocycles. The molecular formula is C16H21ClN2O4. The van der Waals surface area contributed by atoms with Crippen LogP contribution in [0, 0.1) is 0 Å². The molecule has 126 valence electrons. The van der Waals surface area contributed by atoms with Gasteiger partial charge in [-0.2, -0.15) is 0 Å². The van der Waals surface area contributed by atoms with E-state index in [4.69, 9.17) is 21.1 Å². The molecular weight excluding hydrogens is 320 g/mol. The first-order chi connectivity index (χ1) is 11.1. The van der Waals surface area contributed by atoms with Crippen molar-refractivity contribution in [3.05, 3.63) is 24.3 Å². The van der Waals surface area contributed by atoms with Crippen molar-refractivity contribution in [2.75, 3.05) is 32.7 Å². The third-order valence-electron chi connectivity index (χ3n) is 3.75. The highest BCUT2D eigenvalue weighted by molar-refractivity contribution is 6.27. The maximum Gasteiger partial charge on any atom is 0.260 e. The lowest BCUT2D eigenvalue weighted by molar-refractivity contribution is -0.134. The summed E-state index contributed by atoms with van der Waals surface area (Å²) >= 11 is 5.47. The summed E-state index contributed by atoms with van der Waals surface area (Å²) in [6.07, 6.45) is 1.45. The van der Waals surface area contributed by atoms with Crippen LogP contribution in [0.3, 0.4) is 0 Å². The number of halogens is 1. The van der Waals surface area contributed by atoms with E-state index >= 15 is 0 Å². The van der Waals surface area contributed by atoms with Gasteiger partial charge >= 0.3 is 0 Å². The van der Waals surface area contributed by atoms with Crippen LogP contribution in [0.5, 0.6) is 11.5 Å². The van der Waals surface area contributed by atoms with Gasteiger partial charge in [0.25, 0.3) is 5.91 Å². The zero-order valence-electron chi connectivity index (χ0n) is 13.1. The van der Waals surface area contributed by atoms with Crippen molar-refractivity contribution in [3.63, 3.8) is 0 Å². The lowest BCUT2D eigenvalue weighted by Gasteiger charge is -2.32. The van der Waals surface area contributed by atoms with Crippen molar-refractivity contribution < 1.29 is 19.1 Å². The molecule has 1 aliphatic heterocycles. The van der Waals surface area contributed by atoms with Gasteiger partial charge in [0.2, 0.25) is 5.91 Å². The predicted molar refractivity (Wildman–Crippen MR) is 87.0 cm³/mol. The number of carbonyl (C=O) groups is 2. The summed E-state index contributed by atoms with van der Waals surface area (Å²) in [5.74, 6) is 0.871. The van der Waals surface area contributed by atoms with Crippen molar-refractivity contribution >= 4 is 23.4 Å². The Labute approximate surface area is 140 Å². The average molecular weight is 341 g/mol. The maximum atomic E-state index is 12.2. The second-order valence-electron chi connectivity index (χ2n) is 5.30. The zero-order valence-corrected chi connectivity index (χ0v) is 13.8. The first kappa shape index (κ1) is 17.4. The number of carbonyl (C=O) groups excluding carboxylic acids is 2. The van der Waals surface area contributed by atoms with Crippen LogP contribution < -0.4 is 14.8 Å². The summed E-state index contributed by atoms with van der Waals surface area (Å²) in [5.41, 5.74) is 0. The number of hydrogen-bond acceptors (Lipinski definition) is 4. The van der Waals surface area contributed by atoms with Gasteiger partial charge in [0.15, 0.2) is 18.1 Å². The number of para-hydroxylation sites is 2. The molecule has 6 nitrogen and oxygen atoms in total. The highest BCUT2D eigenvalue weighted by Gasteiger charge is 2.24. The number of methoxy groups -OCH3 is 1. The van der Waals surface area contributed by atoms with Gasteiger partial charge in [-0.25, -0.2) is 0 Å². The van der Waals surface area contributed by atoms with Gasteiger partial charge in [-0.1, -0.05) is 12.1 Å². The summed E-state index contributed by atoms with van der Waals surface area (Å²) in [5, 5.41) is 2.84. The molecule has 0 radical (unpaired) electrons. The van der Waals surface area contributed by atoms with Crippen molar-refractivity contribution in [2.24, 2.45) is 0 Å². The van der Waals surface area contributed by atoms with Crippen molar-refractivity contribution in [1.29, 1.82) is 0 Å². The predicted octanol–water partition coefficient (Wildman–Crippen LogP) is 1.42. The molecule has 0 atom stereocenters. The van der Waals surface area contributed by atoms with E-state index in [0.717, 1.165) is 12.8 Å². The average Bonchev–Trinajstić information content (AvgIpc) is 2.60. The Morgan fingerprint density at radius 1 is 1.26 bits per heavy atom. The molecule has 2 amide bonds. The lowest BCUT2D eigenvalue weighted by atomic mass is 10.1. The Balaban J connectivity index is 1.78. The molecule has 1 N–H and O–H groups in total. The second kappa shape index (κ2) is 8.62. The van der Waals surface area contributed by atoms with E-state index in [1.54, 1.807) is 24.1 Å². The quantitative estimate of drug-likeness (QED) is 0.795. The van der Waals surface area contributed by atoms with E-state index in [2.05, 4.69) is 5.32 Å². The largest absolute Gasteiger partial charge is 0.493 e. The van der Waals surface area contributed by atoms with Crippen molar-refractivity contribution in [2.45, 2.75) is 18.9 Å². The summed E-state index contributed by atoms with van der Waals surface area (Å²) in [4.78, 5) is 25.2. The third kappa shape index (κ3) is 5.03. The van der Waals surface area contributed by atoms with E-state index in [1.165, 1.54) is 0 Å². The van der Waals surface area contributed by atoms with Crippen LogP contribution in [0.15, 0.2) is 24.3 Å². The van der Waals surface area contributed by atoms with E-state index < -0.39 is 0 Å². The van der Waals surface area contributed by atoms with Gasteiger partial charge in [-0.05, 0) is 25.0 Å². The zero-order chi connectivity index (χ0) is 16.7. The van der Waals surface area contributed by atoms with Gasteiger partial charge in [0.05, 0.1) is 7.11 Å². The third-order valence-corrected chi connectivity index (χ3v) is 4.00. The molecule has 1 heterocycles. The summed E-state index contributed by atoms with van der Waals surface area (Å²) < 4.78 is 10.7. The molecule has 0 unspecified atom stereocenters. The number of nitrogens with zero attached hydrogens (tertiary/aromatic N) is 1. The molecule has 2 rings (SSSR count). The standard InChI is InChI=1S/C16H21ClN2O4/c1-22-13-4-2-3-5-14(13)23-11-16(21)19-8-6-12(7-9-19)18-15(20)10-17/h2-5,12H,6-11H2,1H3,(H,18,20). The van der Waals surface area contributed by atoms with E-state index in [1.807, 2.05) is 12.1 Å². The Kier molecular flexibility index (Phi) is 6.52. The van der Waals surface area contributed by atoms with Gasteiger partial charge in [0.1, 0.15) is 5.88 Å². The maximum absolute atomic E-state index is 12.2. The van der Waals surface area contributed by atoms with Crippen LogP contribution in [0.25, 0.3) is 0 Å². The van der Waals surface area contributed by atoms with Gasteiger partial charge in [-0.3, -0.25) is 9.59 Å². The molecule has 0 aromatic heterocycles. The molecule has 0 saturated carbocycles. The van der Waals surface area contributed by atoms with Crippen LogP contribution >= 0.6 is 11.6 Å². The number of nitrogens with one attached hydrogen (secondary N) is 1. The van der Waals surface area contributed by atoms with Gasteiger partial charge in [-0.15, -0.1) is 11.6 Å². The van der Waals surface area contributed by atoms with Crippen molar-refractivity contribution in [1.82, 2.24) is 10.2 Å². The fourth-order valence-electron chi connectivity index (χ4n) is 2.51. The summed E-state index contributed by atoms with van der Waals surface area (Å²) in [6.45, 7) is 1.17. The first-order valence-electron chi connectivity index (χ1n) is 7.53. The normalized spacial score (nSPS) is 15.1. The second-order valence-corrected chi connectivity index (χ2v) is 5.56. The number of likely N-dealkylation sites (tertiary alicyclic amines) is 1. The van der Waals surface area contributed by atoms with Crippen LogP contribution in [-0.4, -0.2) is 55.4 Å². The van der Waals surface area contributed by atoms with E-state index in [-0.39, 0.29) is 30.3 Å². The molecule has 1 aliphatic rings. The SMILES string of the molecule is COc1ccccc1OCC(=O)N1CCC(NC(=O)CCl)CC1. The first-order valence-corrected chi connectivity index (χ1v) is 8.06. The lowest BCUT2D eigenvalue weighted by Crippen LogP contribution is -2.47. The molecule has 7 heteroatoms. The fourth-order valence-corrected chi connectivity index (χ4v) is 2.59. The molecule has 23 heavy (non-hydrogen) atoms. The number of alkyl halides is 1. The minimum atomic E-state index is -0.170. The van der Waals surface area contributed by atoms with Gasteiger partial charge < -0.3 is 19.7 Å². The monoisotopic (exact) mass is 340 g/mol. The molecule has 1 aromatic rings. The number of ether oxygens (including phenoxy) is 2. The Morgan fingerprint density at radius 3 is 2.52 bits per heavy atom. The summed E-state index contributed by atoms with van der Waals surface area (Å²) in [7, 11) is 1.56. The van der Waals surface area contributed by atoms with E-state index in [0.29, 0.717) is 24.6 Å². The van der Waals surface area contributed by atoms with Gasteiger partial charge in [0, 0.05) is 19.1 Å². The number of benzene rings is 1. The number of rotatable bonds is 6. The molecule has 0 bridgehead atoms. The minimum absolute atomic E-state index is 0.0287. The Hall–Kier alpha value is -1.95. The van der Waals surface area contributed by atoms with Crippen LogP contribution in [0.2, 0.25) is 0 Å². The number of amides is 2. The summed E-state index contributed by atoms with van der Waals surface area (Å²) in [6, 6.07) is 7.30. The van der Waals surface area contributed by atoms with Crippen LogP contribution in [0.1, 0.15) is 12.8 Å². The van der Waals surface area contributed by atoms with Crippen LogP contribution in [-0.2, 0) is 9.59 Å². The molecule has 0 aliphatic carbocycles. The topological polar surface area (TPSA) is 67.9 Å². The highest BCUT2D eigenvalue weighted by Crippen LogP contribution is 2.25. The van der Waals surface area contributed by atoms with E-state index in [9.17, 15) is 9.59 Å². The minimum Gasteiger partial charge on any atom is -0.493 e. The molecule has 0 spiro atoms. The fraction of sp³-hybridized carbons (Fsp3) is 0.500. The number of hydrogen-bond donors (Lipinski definition) is 1. The Bertz CT molecular complexity index is 545. The van der Waals surface area contributed by atoms with Crippen molar-refractivity contribution in [3.8, 4) is 11.5 Å². The smallest absolute Gasteiger partial charge is 0.260 e. The molecule has 1 saturated heterocycles. The van der Waals surface area contributed by atoms with Crippen LogP contribution in [0.4, 0.5) is 0 Å². The number of piperidine rings is 1. The highest BCUT2D eigenvalue weighted by atomic mass is 35.5.